The standard InChI is InChI=1S/C24H22N2/c1-18-17-22(26-23(25-18)20-9-5-3-6-10-20)19-13-15-24(2,16-14-19)21-11-7-4-8-12-21/h3-15,17H,16H2,1-2H3. The third kappa shape index (κ3) is 3.23. The van der Waals surface area contributed by atoms with E-state index in [-0.39, 0.29) is 5.41 Å². The van der Waals surface area contributed by atoms with Crippen molar-refractivity contribution < 1.29 is 0 Å². The Kier molecular flexibility index (Phi) is 4.26. The van der Waals surface area contributed by atoms with E-state index in [1.165, 1.54) is 11.1 Å². The summed E-state index contributed by atoms with van der Waals surface area (Å²) in [5, 5.41) is 0. The summed E-state index contributed by atoms with van der Waals surface area (Å²) in [5.41, 5.74) is 5.57. The monoisotopic (exact) mass is 338 g/mol. The first-order valence-corrected chi connectivity index (χ1v) is 9.00. The van der Waals surface area contributed by atoms with Crippen molar-refractivity contribution >= 4 is 5.57 Å². The maximum atomic E-state index is 4.82. The third-order valence-electron chi connectivity index (χ3n) is 4.99. The van der Waals surface area contributed by atoms with Gasteiger partial charge in [0.25, 0.3) is 0 Å². The second kappa shape index (κ2) is 6.72. The lowest BCUT2D eigenvalue weighted by Gasteiger charge is -2.28. The van der Waals surface area contributed by atoms with Crippen LogP contribution in [0, 0.1) is 6.92 Å². The molecule has 3 aromatic rings. The summed E-state index contributed by atoms with van der Waals surface area (Å²) in [6, 6.07) is 22.9. The molecule has 2 nitrogen and oxygen atoms in total. The summed E-state index contributed by atoms with van der Waals surface area (Å²) in [6.45, 7) is 4.31. The largest absolute Gasteiger partial charge is 0.233 e. The molecule has 0 spiro atoms. The normalized spacial score (nSPS) is 19.2. The fourth-order valence-corrected chi connectivity index (χ4v) is 3.39. The number of allylic oxidation sites excluding steroid dienone is 4. The molecule has 2 heteroatoms. The van der Waals surface area contributed by atoms with Gasteiger partial charge in [0, 0.05) is 16.7 Å². The SMILES string of the molecule is Cc1cc(C2=CCC(C)(c3ccccc3)C=C2)nc(-c2ccccc2)n1. The average Bonchev–Trinajstić information content (AvgIpc) is 2.69. The van der Waals surface area contributed by atoms with Crippen molar-refractivity contribution in [2.75, 3.05) is 0 Å². The van der Waals surface area contributed by atoms with Crippen molar-refractivity contribution in [1.29, 1.82) is 0 Å². The van der Waals surface area contributed by atoms with Crippen molar-refractivity contribution in [3.63, 3.8) is 0 Å². The summed E-state index contributed by atoms with van der Waals surface area (Å²) < 4.78 is 0. The quantitative estimate of drug-likeness (QED) is 0.607. The summed E-state index contributed by atoms with van der Waals surface area (Å²) in [7, 11) is 0. The average molecular weight is 338 g/mol. The molecule has 0 saturated heterocycles. The van der Waals surface area contributed by atoms with Crippen molar-refractivity contribution in [1.82, 2.24) is 9.97 Å². The summed E-state index contributed by atoms with van der Waals surface area (Å²) in [5.74, 6) is 0.784. The van der Waals surface area contributed by atoms with Crippen molar-refractivity contribution in [3.8, 4) is 11.4 Å². The molecule has 0 fully saturated rings. The molecule has 2 aromatic carbocycles. The molecule has 1 heterocycles. The molecule has 0 N–H and O–H groups in total. The van der Waals surface area contributed by atoms with Crippen LogP contribution in [0.15, 0.2) is 85.0 Å². The molecule has 0 bridgehead atoms. The van der Waals surface area contributed by atoms with E-state index in [0.717, 1.165) is 29.2 Å². The molecule has 1 aliphatic rings. The van der Waals surface area contributed by atoms with Crippen LogP contribution in [-0.2, 0) is 5.41 Å². The fraction of sp³-hybridized carbons (Fsp3) is 0.167. The van der Waals surface area contributed by atoms with E-state index in [1.54, 1.807) is 0 Å². The molecular formula is C24H22N2. The van der Waals surface area contributed by atoms with Crippen molar-refractivity contribution in [2.45, 2.75) is 25.7 Å². The van der Waals surface area contributed by atoms with Crippen LogP contribution in [0.1, 0.15) is 30.3 Å². The topological polar surface area (TPSA) is 25.8 Å². The Hall–Kier alpha value is -3.00. The Labute approximate surface area is 155 Å². The fourth-order valence-electron chi connectivity index (χ4n) is 3.39. The Bertz CT molecular complexity index is 972. The summed E-state index contributed by atoms with van der Waals surface area (Å²) in [4.78, 5) is 9.43. The number of aromatic nitrogens is 2. The minimum Gasteiger partial charge on any atom is -0.233 e. The van der Waals surface area contributed by atoms with Crippen LogP contribution >= 0.6 is 0 Å². The van der Waals surface area contributed by atoms with E-state index in [2.05, 4.69) is 78.7 Å². The van der Waals surface area contributed by atoms with Gasteiger partial charge < -0.3 is 0 Å². The van der Waals surface area contributed by atoms with E-state index in [1.807, 2.05) is 25.1 Å². The molecule has 26 heavy (non-hydrogen) atoms. The molecular weight excluding hydrogens is 316 g/mol. The second-order valence-electron chi connectivity index (χ2n) is 7.06. The zero-order valence-electron chi connectivity index (χ0n) is 15.2. The van der Waals surface area contributed by atoms with Gasteiger partial charge in [-0.3, -0.25) is 0 Å². The first-order chi connectivity index (χ1) is 12.6. The number of nitrogens with zero attached hydrogens (tertiary/aromatic N) is 2. The first-order valence-electron chi connectivity index (χ1n) is 9.00. The predicted molar refractivity (Wildman–Crippen MR) is 108 cm³/mol. The lowest BCUT2D eigenvalue weighted by molar-refractivity contribution is 0.601. The van der Waals surface area contributed by atoms with Crippen LogP contribution in [0.4, 0.5) is 0 Å². The summed E-state index contributed by atoms with van der Waals surface area (Å²) in [6.07, 6.45) is 7.76. The zero-order valence-corrected chi connectivity index (χ0v) is 15.2. The summed E-state index contributed by atoms with van der Waals surface area (Å²) >= 11 is 0. The molecule has 1 atom stereocenters. The van der Waals surface area contributed by atoms with Crippen LogP contribution in [0.2, 0.25) is 0 Å². The van der Waals surface area contributed by atoms with Gasteiger partial charge in [0.1, 0.15) is 0 Å². The molecule has 0 radical (unpaired) electrons. The zero-order chi connectivity index (χ0) is 18.0. The third-order valence-corrected chi connectivity index (χ3v) is 4.99. The van der Waals surface area contributed by atoms with Crippen LogP contribution in [-0.4, -0.2) is 9.97 Å². The molecule has 0 saturated carbocycles. The lowest BCUT2D eigenvalue weighted by Crippen LogP contribution is -2.20. The highest BCUT2D eigenvalue weighted by Crippen LogP contribution is 2.35. The molecule has 0 aliphatic heterocycles. The number of rotatable bonds is 3. The lowest BCUT2D eigenvalue weighted by atomic mass is 9.76. The number of aryl methyl sites for hydroxylation is 1. The van der Waals surface area contributed by atoms with Gasteiger partial charge in [0.05, 0.1) is 5.69 Å². The number of benzene rings is 2. The van der Waals surface area contributed by atoms with Crippen LogP contribution in [0.5, 0.6) is 0 Å². The molecule has 0 amide bonds. The molecule has 1 aliphatic carbocycles. The van der Waals surface area contributed by atoms with E-state index in [4.69, 9.17) is 4.98 Å². The predicted octanol–water partition coefficient (Wildman–Crippen LogP) is 5.75. The van der Waals surface area contributed by atoms with Crippen molar-refractivity contribution in [2.24, 2.45) is 0 Å². The molecule has 128 valence electrons. The second-order valence-corrected chi connectivity index (χ2v) is 7.06. The Morgan fingerprint density at radius 2 is 1.58 bits per heavy atom. The van der Waals surface area contributed by atoms with E-state index in [0.29, 0.717) is 0 Å². The molecule has 4 rings (SSSR count). The van der Waals surface area contributed by atoms with Gasteiger partial charge in [-0.1, -0.05) is 85.8 Å². The Morgan fingerprint density at radius 1 is 0.885 bits per heavy atom. The van der Waals surface area contributed by atoms with Gasteiger partial charge in [-0.25, -0.2) is 9.97 Å². The van der Waals surface area contributed by atoms with Gasteiger partial charge in [-0.2, -0.15) is 0 Å². The number of hydrogen-bond acceptors (Lipinski definition) is 2. The van der Waals surface area contributed by atoms with Crippen molar-refractivity contribution in [3.05, 3.63) is 102 Å². The van der Waals surface area contributed by atoms with Gasteiger partial charge in [0.2, 0.25) is 0 Å². The van der Waals surface area contributed by atoms with Crippen LogP contribution in [0.25, 0.3) is 17.0 Å². The molecule has 1 aromatic heterocycles. The van der Waals surface area contributed by atoms with Crippen LogP contribution in [0.3, 0.4) is 0 Å². The van der Waals surface area contributed by atoms with Gasteiger partial charge >= 0.3 is 0 Å². The van der Waals surface area contributed by atoms with Gasteiger partial charge in [0.15, 0.2) is 5.82 Å². The van der Waals surface area contributed by atoms with E-state index >= 15 is 0 Å². The maximum Gasteiger partial charge on any atom is 0.160 e. The smallest absolute Gasteiger partial charge is 0.160 e. The Morgan fingerprint density at radius 3 is 2.23 bits per heavy atom. The molecule has 1 unspecified atom stereocenters. The van der Waals surface area contributed by atoms with Gasteiger partial charge in [-0.05, 0) is 30.5 Å². The van der Waals surface area contributed by atoms with Crippen LogP contribution < -0.4 is 0 Å². The number of hydrogen-bond donors (Lipinski definition) is 0. The highest BCUT2D eigenvalue weighted by Gasteiger charge is 2.25. The van der Waals surface area contributed by atoms with Gasteiger partial charge in [-0.15, -0.1) is 0 Å². The Balaban J connectivity index is 1.66. The first kappa shape index (κ1) is 16.5. The van der Waals surface area contributed by atoms with E-state index < -0.39 is 0 Å². The maximum absolute atomic E-state index is 4.82. The highest BCUT2D eigenvalue weighted by atomic mass is 14.9. The van der Waals surface area contributed by atoms with E-state index in [9.17, 15) is 0 Å². The minimum absolute atomic E-state index is 0.0368. The highest BCUT2D eigenvalue weighted by molar-refractivity contribution is 5.75. The minimum atomic E-state index is 0.0368.